The van der Waals surface area contributed by atoms with Gasteiger partial charge >= 0.3 is 0 Å². The lowest BCUT2D eigenvalue weighted by atomic mass is 9.83. The normalized spacial score (nSPS) is 38.7. The molecule has 0 amide bonds. The van der Waals surface area contributed by atoms with Crippen molar-refractivity contribution in [2.45, 2.75) is 76.0 Å². The summed E-state index contributed by atoms with van der Waals surface area (Å²) < 4.78 is 6.12. The van der Waals surface area contributed by atoms with Gasteiger partial charge in [-0.1, -0.05) is 19.3 Å². The van der Waals surface area contributed by atoms with Gasteiger partial charge in [0, 0.05) is 24.4 Å². The van der Waals surface area contributed by atoms with Crippen LogP contribution in [-0.4, -0.2) is 35.8 Å². The lowest BCUT2D eigenvalue weighted by Gasteiger charge is -2.40. The molecule has 0 radical (unpaired) electrons. The maximum absolute atomic E-state index is 6.12. The van der Waals surface area contributed by atoms with Crippen LogP contribution in [0.15, 0.2) is 0 Å². The Morgan fingerprint density at radius 1 is 1.21 bits per heavy atom. The lowest BCUT2D eigenvalue weighted by molar-refractivity contribution is -0.0720. The van der Waals surface area contributed by atoms with Crippen LogP contribution < -0.4 is 5.32 Å². The van der Waals surface area contributed by atoms with Gasteiger partial charge in [-0.25, -0.2) is 0 Å². The fourth-order valence-electron chi connectivity index (χ4n) is 4.18. The molecule has 0 aromatic carbocycles. The van der Waals surface area contributed by atoms with E-state index < -0.39 is 0 Å². The van der Waals surface area contributed by atoms with Crippen molar-refractivity contribution in [2.24, 2.45) is 5.92 Å². The van der Waals surface area contributed by atoms with Crippen LogP contribution in [0.4, 0.5) is 0 Å². The summed E-state index contributed by atoms with van der Waals surface area (Å²) in [6.07, 6.45) is 11.0. The van der Waals surface area contributed by atoms with Crippen LogP contribution in [0.5, 0.6) is 0 Å². The van der Waals surface area contributed by atoms with Gasteiger partial charge in [0.25, 0.3) is 0 Å². The van der Waals surface area contributed by atoms with Crippen LogP contribution in [0.3, 0.4) is 0 Å². The summed E-state index contributed by atoms with van der Waals surface area (Å²) in [5.74, 6) is 3.44. The van der Waals surface area contributed by atoms with E-state index in [4.69, 9.17) is 4.74 Å². The fourth-order valence-corrected chi connectivity index (χ4v) is 5.55. The van der Waals surface area contributed by atoms with Gasteiger partial charge in [0.1, 0.15) is 0 Å². The third kappa shape index (κ3) is 3.48. The second-order valence-electron chi connectivity index (χ2n) is 6.88. The molecule has 3 heteroatoms. The summed E-state index contributed by atoms with van der Waals surface area (Å²) >= 11 is 2.08. The Morgan fingerprint density at radius 3 is 2.79 bits per heavy atom. The number of nitrogens with one attached hydrogen (secondary N) is 1. The zero-order valence-corrected chi connectivity index (χ0v) is 13.1. The molecular formula is C16H29NOS. The first-order chi connectivity index (χ1) is 9.27. The molecular weight excluding hydrogens is 254 g/mol. The molecule has 19 heavy (non-hydrogen) atoms. The number of thioether (sulfide) groups is 1. The maximum Gasteiger partial charge on any atom is 0.0795 e. The van der Waals surface area contributed by atoms with Crippen molar-refractivity contribution in [2.75, 3.05) is 18.1 Å². The zero-order chi connectivity index (χ0) is 13.1. The summed E-state index contributed by atoms with van der Waals surface area (Å²) in [7, 11) is 0. The Balaban J connectivity index is 1.51. The zero-order valence-electron chi connectivity index (χ0n) is 12.3. The molecule has 2 aliphatic heterocycles. The van der Waals surface area contributed by atoms with Gasteiger partial charge in [0.15, 0.2) is 0 Å². The average molecular weight is 283 g/mol. The van der Waals surface area contributed by atoms with Crippen molar-refractivity contribution >= 4 is 11.8 Å². The Bertz CT molecular complexity index is 284. The summed E-state index contributed by atoms with van der Waals surface area (Å²) in [5, 5.41) is 3.95. The van der Waals surface area contributed by atoms with E-state index in [9.17, 15) is 0 Å². The second-order valence-corrected chi connectivity index (χ2v) is 7.98. The van der Waals surface area contributed by atoms with Gasteiger partial charge in [-0.15, -0.1) is 0 Å². The molecule has 0 aromatic rings. The molecule has 3 fully saturated rings. The molecule has 1 N–H and O–H groups in total. The fraction of sp³-hybridized carbons (Fsp3) is 1.00. The molecule has 3 rings (SSSR count). The van der Waals surface area contributed by atoms with E-state index in [0.29, 0.717) is 12.1 Å². The Labute approximate surface area is 122 Å². The van der Waals surface area contributed by atoms with Crippen LogP contribution in [0.1, 0.15) is 58.3 Å². The average Bonchev–Trinajstić information content (AvgIpc) is 2.88. The quantitative estimate of drug-likeness (QED) is 0.855. The summed E-state index contributed by atoms with van der Waals surface area (Å²) in [6, 6.07) is 1.40. The topological polar surface area (TPSA) is 21.3 Å². The summed E-state index contributed by atoms with van der Waals surface area (Å²) in [5.41, 5.74) is 0.229. The van der Waals surface area contributed by atoms with Crippen molar-refractivity contribution in [3.05, 3.63) is 0 Å². The maximum atomic E-state index is 6.12. The van der Waals surface area contributed by atoms with Crippen LogP contribution in [0.25, 0.3) is 0 Å². The molecule has 2 nitrogen and oxygen atoms in total. The molecule has 0 bridgehead atoms. The highest BCUT2D eigenvalue weighted by molar-refractivity contribution is 7.99. The Morgan fingerprint density at radius 2 is 2.05 bits per heavy atom. The van der Waals surface area contributed by atoms with Crippen molar-refractivity contribution in [3.63, 3.8) is 0 Å². The van der Waals surface area contributed by atoms with Gasteiger partial charge in [0.05, 0.1) is 5.60 Å². The highest BCUT2D eigenvalue weighted by Crippen LogP contribution is 2.38. The van der Waals surface area contributed by atoms with Crippen molar-refractivity contribution in [1.29, 1.82) is 0 Å². The highest BCUT2D eigenvalue weighted by Gasteiger charge is 2.40. The van der Waals surface area contributed by atoms with E-state index in [1.54, 1.807) is 0 Å². The van der Waals surface area contributed by atoms with E-state index in [-0.39, 0.29) is 5.60 Å². The molecule has 3 atom stereocenters. The largest absolute Gasteiger partial charge is 0.374 e. The number of rotatable bonds is 3. The van der Waals surface area contributed by atoms with Gasteiger partial charge in [0.2, 0.25) is 0 Å². The van der Waals surface area contributed by atoms with Crippen LogP contribution in [0.2, 0.25) is 0 Å². The minimum atomic E-state index is 0.229. The predicted molar refractivity (Wildman–Crippen MR) is 82.8 cm³/mol. The number of hydrogen-bond donors (Lipinski definition) is 1. The van der Waals surface area contributed by atoms with Crippen molar-refractivity contribution in [3.8, 4) is 0 Å². The van der Waals surface area contributed by atoms with Gasteiger partial charge < -0.3 is 10.1 Å². The molecule has 0 aromatic heterocycles. The Hall–Kier alpha value is 0.270. The monoisotopic (exact) mass is 283 g/mol. The van der Waals surface area contributed by atoms with Crippen LogP contribution >= 0.6 is 11.8 Å². The molecule has 1 aliphatic carbocycles. The predicted octanol–water partition coefficient (Wildman–Crippen LogP) is 3.60. The first-order valence-corrected chi connectivity index (χ1v) is 9.41. The minimum Gasteiger partial charge on any atom is -0.374 e. The lowest BCUT2D eigenvalue weighted by Crippen LogP contribution is -2.50. The van der Waals surface area contributed by atoms with Gasteiger partial charge in [-0.2, -0.15) is 11.8 Å². The smallest absolute Gasteiger partial charge is 0.0795 e. The van der Waals surface area contributed by atoms with E-state index in [1.807, 2.05) is 0 Å². The summed E-state index contributed by atoms with van der Waals surface area (Å²) in [4.78, 5) is 0. The third-order valence-corrected chi connectivity index (χ3v) is 6.64. The SMILES string of the molecule is C[C@H](NC1CCOC2(CCSC2)C1)C1CCCCC1. The molecule has 2 saturated heterocycles. The molecule has 3 aliphatic rings. The van der Waals surface area contributed by atoms with Crippen molar-refractivity contribution < 1.29 is 4.74 Å². The first kappa shape index (κ1) is 14.2. The molecule has 2 heterocycles. The molecule has 110 valence electrons. The van der Waals surface area contributed by atoms with E-state index in [2.05, 4.69) is 24.0 Å². The van der Waals surface area contributed by atoms with E-state index in [1.165, 1.54) is 62.9 Å². The summed E-state index contributed by atoms with van der Waals surface area (Å²) in [6.45, 7) is 3.39. The van der Waals surface area contributed by atoms with Crippen LogP contribution in [0, 0.1) is 5.92 Å². The first-order valence-electron chi connectivity index (χ1n) is 8.25. The van der Waals surface area contributed by atoms with Crippen LogP contribution in [-0.2, 0) is 4.74 Å². The van der Waals surface area contributed by atoms with Gasteiger partial charge in [-0.05, 0) is 50.7 Å². The van der Waals surface area contributed by atoms with Crippen molar-refractivity contribution in [1.82, 2.24) is 5.32 Å². The highest BCUT2D eigenvalue weighted by atomic mass is 32.2. The number of hydrogen-bond acceptors (Lipinski definition) is 3. The van der Waals surface area contributed by atoms with E-state index in [0.717, 1.165) is 12.5 Å². The molecule has 2 unspecified atom stereocenters. The van der Waals surface area contributed by atoms with Gasteiger partial charge in [-0.3, -0.25) is 0 Å². The number of ether oxygens (including phenoxy) is 1. The molecule has 1 saturated carbocycles. The standard InChI is InChI=1S/C16H29NOS/c1-13(14-5-3-2-4-6-14)17-15-7-9-18-16(11-15)8-10-19-12-16/h13-15,17H,2-12H2,1H3/t13-,15?,16?/m0/s1. The molecule has 1 spiro atoms. The van der Waals surface area contributed by atoms with E-state index >= 15 is 0 Å². The second kappa shape index (κ2) is 6.36. The minimum absolute atomic E-state index is 0.229. The third-order valence-electron chi connectivity index (χ3n) is 5.42. The Kier molecular flexibility index (Phi) is 4.76.